The summed E-state index contributed by atoms with van der Waals surface area (Å²) in [5.74, 6) is -1.61. The molecule has 9 nitrogen and oxygen atoms in total. The number of esters is 1. The number of unbranched alkanes of at least 4 members (excludes halogenated alkanes) is 1. The summed E-state index contributed by atoms with van der Waals surface area (Å²) in [7, 11) is 1.51. The third-order valence-electron chi connectivity index (χ3n) is 6.18. The molecule has 0 spiro atoms. The van der Waals surface area contributed by atoms with Crippen molar-refractivity contribution in [1.82, 2.24) is 4.98 Å². The van der Waals surface area contributed by atoms with Gasteiger partial charge in [-0.3, -0.25) is 14.5 Å². The molecule has 1 amide bonds. The Morgan fingerprint density at radius 3 is 2.56 bits per heavy atom. The summed E-state index contributed by atoms with van der Waals surface area (Å²) >= 11 is 0.954. The highest BCUT2D eigenvalue weighted by Crippen LogP contribution is 2.44. The molecule has 10 heteroatoms. The number of ketones is 1. The summed E-state index contributed by atoms with van der Waals surface area (Å²) in [6.45, 7) is 6.08. The first-order valence-electron chi connectivity index (χ1n) is 12.6. The van der Waals surface area contributed by atoms with Gasteiger partial charge in [0.1, 0.15) is 22.1 Å². The molecule has 1 atom stereocenters. The number of thiazole rings is 1. The number of benzene rings is 2. The largest absolute Gasteiger partial charge is 0.507 e. The second-order valence-electron chi connectivity index (χ2n) is 8.81. The van der Waals surface area contributed by atoms with E-state index in [1.54, 1.807) is 62.4 Å². The highest BCUT2D eigenvalue weighted by molar-refractivity contribution is 7.17. The van der Waals surface area contributed by atoms with Crippen molar-refractivity contribution in [2.45, 2.75) is 39.7 Å². The number of Topliss-reactive ketones (excluding diaryl/α,β-unsaturated/α-hetero) is 1. The summed E-state index contributed by atoms with van der Waals surface area (Å²) < 4.78 is 16.3. The Morgan fingerprint density at radius 2 is 1.85 bits per heavy atom. The van der Waals surface area contributed by atoms with Crippen molar-refractivity contribution < 1.29 is 33.7 Å². The zero-order valence-corrected chi connectivity index (χ0v) is 23.0. The Labute approximate surface area is 230 Å². The van der Waals surface area contributed by atoms with Crippen LogP contribution in [-0.4, -0.2) is 48.1 Å². The molecule has 0 saturated carbocycles. The lowest BCUT2D eigenvalue weighted by atomic mass is 9.95. The van der Waals surface area contributed by atoms with Gasteiger partial charge in [-0.1, -0.05) is 48.9 Å². The molecule has 1 N–H and O–H groups in total. The first kappa shape index (κ1) is 27.8. The van der Waals surface area contributed by atoms with Gasteiger partial charge in [0.25, 0.3) is 5.78 Å². The number of ether oxygens (including phenoxy) is 3. The lowest BCUT2D eigenvalue weighted by Crippen LogP contribution is -2.29. The average molecular weight is 551 g/mol. The summed E-state index contributed by atoms with van der Waals surface area (Å²) in [6, 6.07) is 12.6. The van der Waals surface area contributed by atoms with Gasteiger partial charge in [-0.05, 0) is 50.1 Å². The van der Waals surface area contributed by atoms with E-state index in [1.165, 1.54) is 12.0 Å². The molecule has 39 heavy (non-hydrogen) atoms. The van der Waals surface area contributed by atoms with Crippen LogP contribution in [0.2, 0.25) is 0 Å². The molecule has 1 aliphatic rings. The van der Waals surface area contributed by atoms with Crippen LogP contribution in [0.5, 0.6) is 11.5 Å². The number of hydrogen-bond donors (Lipinski definition) is 1. The first-order chi connectivity index (χ1) is 18.8. The molecule has 4 rings (SSSR count). The van der Waals surface area contributed by atoms with Gasteiger partial charge in [0.15, 0.2) is 5.13 Å². The van der Waals surface area contributed by atoms with Crippen LogP contribution in [0.1, 0.15) is 59.2 Å². The third-order valence-corrected chi connectivity index (χ3v) is 7.32. The number of nitrogens with zero attached hydrogens (tertiary/aromatic N) is 2. The van der Waals surface area contributed by atoms with Gasteiger partial charge in [0.05, 0.1) is 37.6 Å². The quantitative estimate of drug-likeness (QED) is 0.117. The van der Waals surface area contributed by atoms with Crippen molar-refractivity contribution in [3.63, 3.8) is 0 Å². The number of rotatable bonds is 10. The summed E-state index contributed by atoms with van der Waals surface area (Å²) in [5, 5.41) is 11.6. The van der Waals surface area contributed by atoms with E-state index in [0.29, 0.717) is 34.9 Å². The van der Waals surface area contributed by atoms with Gasteiger partial charge in [0, 0.05) is 5.56 Å². The molecule has 1 fully saturated rings. The van der Waals surface area contributed by atoms with Gasteiger partial charge in [-0.25, -0.2) is 9.78 Å². The lowest BCUT2D eigenvalue weighted by molar-refractivity contribution is -0.132. The molecule has 1 unspecified atom stereocenters. The highest BCUT2D eigenvalue weighted by atomic mass is 32.1. The number of carbonyl (C=O) groups excluding carboxylic acids is 3. The van der Waals surface area contributed by atoms with Crippen molar-refractivity contribution in [2.75, 3.05) is 25.2 Å². The normalized spacial score (nSPS) is 16.4. The van der Waals surface area contributed by atoms with Crippen LogP contribution >= 0.6 is 11.3 Å². The van der Waals surface area contributed by atoms with E-state index in [2.05, 4.69) is 11.9 Å². The van der Waals surface area contributed by atoms with E-state index in [4.69, 9.17) is 14.2 Å². The van der Waals surface area contributed by atoms with E-state index in [0.717, 1.165) is 24.2 Å². The van der Waals surface area contributed by atoms with E-state index in [9.17, 15) is 19.5 Å². The number of aryl methyl sites for hydroxylation is 1. The second-order valence-corrected chi connectivity index (χ2v) is 9.78. The monoisotopic (exact) mass is 550 g/mol. The zero-order valence-electron chi connectivity index (χ0n) is 22.2. The molecule has 0 aliphatic carbocycles. The van der Waals surface area contributed by atoms with Crippen LogP contribution in [-0.2, 0) is 14.3 Å². The number of carbonyl (C=O) groups is 3. The maximum Gasteiger partial charge on any atom is 0.350 e. The van der Waals surface area contributed by atoms with Crippen molar-refractivity contribution in [3.05, 3.63) is 75.8 Å². The van der Waals surface area contributed by atoms with Crippen molar-refractivity contribution in [1.29, 1.82) is 0 Å². The molecule has 2 aromatic carbocycles. The van der Waals surface area contributed by atoms with Gasteiger partial charge in [-0.15, -0.1) is 0 Å². The summed E-state index contributed by atoms with van der Waals surface area (Å²) in [4.78, 5) is 45.3. The lowest BCUT2D eigenvalue weighted by Gasteiger charge is -2.23. The Kier molecular flexibility index (Phi) is 8.65. The first-order valence-corrected chi connectivity index (χ1v) is 13.4. The number of methoxy groups -OCH3 is 1. The average Bonchev–Trinajstić information content (AvgIpc) is 3.45. The molecule has 1 saturated heterocycles. The topological polar surface area (TPSA) is 115 Å². The summed E-state index contributed by atoms with van der Waals surface area (Å²) in [6.07, 6.45) is 1.84. The molecule has 204 valence electrons. The molecular weight excluding hydrogens is 520 g/mol. The fourth-order valence-electron chi connectivity index (χ4n) is 4.25. The van der Waals surface area contributed by atoms with Crippen LogP contribution in [0, 0.1) is 6.92 Å². The third kappa shape index (κ3) is 5.65. The van der Waals surface area contributed by atoms with Gasteiger partial charge in [-0.2, -0.15) is 0 Å². The van der Waals surface area contributed by atoms with Crippen LogP contribution in [0.15, 0.2) is 54.1 Å². The van der Waals surface area contributed by atoms with Crippen LogP contribution in [0.4, 0.5) is 5.13 Å². The van der Waals surface area contributed by atoms with Crippen molar-refractivity contribution >= 4 is 39.9 Å². The number of anilines is 1. The predicted octanol–water partition coefficient (Wildman–Crippen LogP) is 5.44. The maximum atomic E-state index is 13.5. The minimum absolute atomic E-state index is 0.107. The second kappa shape index (κ2) is 12.1. The van der Waals surface area contributed by atoms with E-state index >= 15 is 0 Å². The molecule has 0 radical (unpaired) electrons. The van der Waals surface area contributed by atoms with E-state index in [1.807, 2.05) is 0 Å². The minimum atomic E-state index is -1.02. The molecular formula is C29H30N2O7S. The van der Waals surface area contributed by atoms with Crippen LogP contribution in [0.25, 0.3) is 5.76 Å². The zero-order chi connectivity index (χ0) is 28.1. The summed E-state index contributed by atoms with van der Waals surface area (Å²) in [5.41, 5.74) is 1.12. The SMILES string of the molecule is CCCCOc1cccc(C(O)=C2C(=O)C(=O)N(c3nc(C)c(C(=O)OCC)s3)C2c2cccc(OC)c2)c1. The standard InChI is InChI=1S/C29H30N2O7S/c1-5-7-14-38-21-13-9-11-19(16-21)24(32)22-23(18-10-8-12-20(15-18)36-4)31(27(34)25(22)33)29-30-17(3)26(39-29)28(35)37-6-2/h8-13,15-16,23,32H,5-7,14H2,1-4H3. The Balaban J connectivity index is 1.86. The van der Waals surface area contributed by atoms with Gasteiger partial charge >= 0.3 is 11.9 Å². The number of amides is 1. The Morgan fingerprint density at radius 1 is 1.10 bits per heavy atom. The van der Waals surface area contributed by atoms with Gasteiger partial charge in [0.2, 0.25) is 0 Å². The Bertz CT molecular complexity index is 1430. The van der Waals surface area contributed by atoms with E-state index in [-0.39, 0.29) is 27.9 Å². The van der Waals surface area contributed by atoms with Crippen molar-refractivity contribution in [2.24, 2.45) is 0 Å². The maximum absolute atomic E-state index is 13.5. The molecule has 1 aromatic heterocycles. The molecule has 2 heterocycles. The van der Waals surface area contributed by atoms with Crippen LogP contribution in [0.3, 0.4) is 0 Å². The smallest absolute Gasteiger partial charge is 0.350 e. The van der Waals surface area contributed by atoms with Gasteiger partial charge < -0.3 is 19.3 Å². The van der Waals surface area contributed by atoms with Crippen molar-refractivity contribution in [3.8, 4) is 11.5 Å². The highest BCUT2D eigenvalue weighted by Gasteiger charge is 2.48. The predicted molar refractivity (Wildman–Crippen MR) is 147 cm³/mol. The molecule has 0 bridgehead atoms. The number of aromatic nitrogens is 1. The number of aliphatic hydroxyl groups excluding tert-OH is 1. The van der Waals surface area contributed by atoms with E-state index < -0.39 is 23.7 Å². The minimum Gasteiger partial charge on any atom is -0.507 e. The Hall–Kier alpha value is -4.18. The molecule has 3 aromatic rings. The fraction of sp³-hybridized carbons (Fsp3) is 0.310. The fourth-order valence-corrected chi connectivity index (χ4v) is 5.24. The number of hydrogen-bond acceptors (Lipinski definition) is 9. The van der Waals surface area contributed by atoms with Crippen LogP contribution < -0.4 is 14.4 Å². The molecule has 1 aliphatic heterocycles. The number of aliphatic hydroxyl groups is 1.